The molecule has 1 aliphatic rings. The zero-order chi connectivity index (χ0) is 19.8. The summed E-state index contributed by atoms with van der Waals surface area (Å²) in [7, 11) is 1.70. The molecule has 1 aromatic carbocycles. The third kappa shape index (κ3) is 7.40. The summed E-state index contributed by atoms with van der Waals surface area (Å²) in [6.45, 7) is 3.73. The van der Waals surface area contributed by atoms with Gasteiger partial charge in [0.1, 0.15) is 17.7 Å². The van der Waals surface area contributed by atoms with Crippen molar-refractivity contribution in [3.8, 4) is 5.75 Å². The fourth-order valence-electron chi connectivity index (χ4n) is 2.79. The lowest BCUT2D eigenvalue weighted by molar-refractivity contribution is -0.138. The van der Waals surface area contributed by atoms with Gasteiger partial charge in [-0.1, -0.05) is 0 Å². The number of ether oxygens (including phenoxy) is 2. The van der Waals surface area contributed by atoms with Gasteiger partial charge in [0.05, 0.1) is 25.8 Å². The first-order valence-corrected chi connectivity index (χ1v) is 8.80. The number of benzene rings is 1. The van der Waals surface area contributed by atoms with Gasteiger partial charge in [0.25, 0.3) is 0 Å². The van der Waals surface area contributed by atoms with Crippen molar-refractivity contribution in [1.29, 1.82) is 0 Å². The molecule has 1 heterocycles. The number of amides is 2. The number of halogens is 1. The molecular formula is C18H26FN3O5. The first-order valence-electron chi connectivity index (χ1n) is 8.80. The van der Waals surface area contributed by atoms with Gasteiger partial charge in [-0.05, 0) is 38.2 Å². The maximum Gasteiger partial charge on any atom is 0.317 e. The lowest BCUT2D eigenvalue weighted by Gasteiger charge is -2.34. The van der Waals surface area contributed by atoms with Crippen LogP contribution < -0.4 is 10.1 Å². The maximum absolute atomic E-state index is 12.9. The smallest absolute Gasteiger partial charge is 0.317 e. The van der Waals surface area contributed by atoms with E-state index in [1.165, 1.54) is 24.3 Å². The van der Waals surface area contributed by atoms with Crippen LogP contribution in [-0.2, 0) is 9.53 Å². The van der Waals surface area contributed by atoms with E-state index >= 15 is 0 Å². The van der Waals surface area contributed by atoms with Crippen LogP contribution in [0.4, 0.5) is 9.18 Å². The molecule has 0 spiro atoms. The highest BCUT2D eigenvalue weighted by atomic mass is 19.1. The maximum atomic E-state index is 12.9. The lowest BCUT2D eigenvalue weighted by atomic mass is 10.2. The Kier molecular flexibility index (Phi) is 7.81. The van der Waals surface area contributed by atoms with E-state index < -0.39 is 5.97 Å². The number of aliphatic carboxylic acids is 1. The topological polar surface area (TPSA) is 91.3 Å². The molecule has 0 radical (unpaired) electrons. The molecule has 8 nitrogen and oxygen atoms in total. The van der Waals surface area contributed by atoms with Crippen LogP contribution in [-0.4, -0.2) is 85.5 Å². The molecule has 27 heavy (non-hydrogen) atoms. The zero-order valence-corrected chi connectivity index (χ0v) is 15.6. The van der Waals surface area contributed by atoms with Crippen LogP contribution in [0.2, 0.25) is 0 Å². The van der Waals surface area contributed by atoms with Crippen molar-refractivity contribution in [3.05, 3.63) is 30.1 Å². The minimum Gasteiger partial charge on any atom is -0.489 e. The van der Waals surface area contributed by atoms with E-state index in [9.17, 15) is 14.0 Å². The van der Waals surface area contributed by atoms with Crippen molar-refractivity contribution in [2.24, 2.45) is 0 Å². The van der Waals surface area contributed by atoms with Gasteiger partial charge in [0, 0.05) is 19.6 Å². The van der Waals surface area contributed by atoms with E-state index in [-0.39, 0.29) is 30.6 Å². The second-order valence-electron chi connectivity index (χ2n) is 6.60. The van der Waals surface area contributed by atoms with Gasteiger partial charge in [-0.3, -0.25) is 9.69 Å². The number of hydrogen-bond acceptors (Lipinski definition) is 5. The molecule has 2 N–H and O–H groups in total. The van der Waals surface area contributed by atoms with Crippen LogP contribution >= 0.6 is 0 Å². The lowest BCUT2D eigenvalue weighted by Crippen LogP contribution is -2.53. The fraction of sp³-hybridized carbons (Fsp3) is 0.556. The van der Waals surface area contributed by atoms with Crippen LogP contribution in [0.5, 0.6) is 5.75 Å². The van der Waals surface area contributed by atoms with Gasteiger partial charge < -0.3 is 24.8 Å². The summed E-state index contributed by atoms with van der Waals surface area (Å²) in [5.74, 6) is -0.705. The average molecular weight is 383 g/mol. The van der Waals surface area contributed by atoms with Crippen LogP contribution in [0.1, 0.15) is 6.92 Å². The number of nitrogens with one attached hydrogen (secondary N) is 1. The van der Waals surface area contributed by atoms with E-state index in [0.717, 1.165) is 0 Å². The number of carbonyl (C=O) groups is 2. The first kappa shape index (κ1) is 20.9. The van der Waals surface area contributed by atoms with Crippen LogP contribution in [0.3, 0.4) is 0 Å². The minimum absolute atomic E-state index is 0.0791. The highest BCUT2D eigenvalue weighted by molar-refractivity contribution is 5.74. The molecule has 2 atom stereocenters. The second-order valence-corrected chi connectivity index (χ2v) is 6.60. The summed E-state index contributed by atoms with van der Waals surface area (Å²) in [4.78, 5) is 26.4. The summed E-state index contributed by atoms with van der Waals surface area (Å²) >= 11 is 0. The normalized spacial score (nSPS) is 18.2. The van der Waals surface area contributed by atoms with Gasteiger partial charge in [0.2, 0.25) is 0 Å². The SMILES string of the molecule is CC(CNC(=O)N1CCOC(CN(C)CC(=O)O)C1)Oc1ccc(F)cc1. The highest BCUT2D eigenvalue weighted by Crippen LogP contribution is 2.13. The van der Waals surface area contributed by atoms with E-state index in [4.69, 9.17) is 14.6 Å². The number of likely N-dealkylation sites (N-methyl/N-ethyl adjacent to an activating group) is 1. The predicted octanol–water partition coefficient (Wildman–Crippen LogP) is 1.02. The zero-order valence-electron chi connectivity index (χ0n) is 15.6. The van der Waals surface area contributed by atoms with Gasteiger partial charge in [-0.15, -0.1) is 0 Å². The highest BCUT2D eigenvalue weighted by Gasteiger charge is 2.25. The number of hydrogen-bond donors (Lipinski definition) is 2. The van der Waals surface area contributed by atoms with Crippen molar-refractivity contribution in [3.63, 3.8) is 0 Å². The van der Waals surface area contributed by atoms with Crippen LogP contribution in [0.15, 0.2) is 24.3 Å². The number of nitrogens with zero attached hydrogens (tertiary/aromatic N) is 2. The van der Waals surface area contributed by atoms with Crippen molar-refractivity contribution >= 4 is 12.0 Å². The summed E-state index contributed by atoms with van der Waals surface area (Å²) in [6.07, 6.45) is -0.514. The van der Waals surface area contributed by atoms with E-state index in [2.05, 4.69) is 5.32 Å². The molecule has 1 aromatic rings. The molecule has 0 saturated carbocycles. The fourth-order valence-corrected chi connectivity index (χ4v) is 2.79. The molecular weight excluding hydrogens is 357 g/mol. The largest absolute Gasteiger partial charge is 0.489 e. The van der Waals surface area contributed by atoms with Crippen molar-refractivity contribution < 1.29 is 28.6 Å². The predicted molar refractivity (Wildman–Crippen MR) is 96.3 cm³/mol. The number of rotatable bonds is 8. The van der Waals surface area contributed by atoms with Crippen molar-refractivity contribution in [1.82, 2.24) is 15.1 Å². The number of morpholine rings is 1. The number of carbonyl (C=O) groups excluding carboxylic acids is 1. The monoisotopic (exact) mass is 383 g/mol. The molecule has 1 saturated heterocycles. The Balaban J connectivity index is 1.74. The molecule has 0 aromatic heterocycles. The third-order valence-electron chi connectivity index (χ3n) is 4.04. The quantitative estimate of drug-likeness (QED) is 0.697. The van der Waals surface area contributed by atoms with Gasteiger partial charge >= 0.3 is 12.0 Å². The van der Waals surface area contributed by atoms with E-state index in [0.29, 0.717) is 38.5 Å². The Morgan fingerprint density at radius 2 is 2.15 bits per heavy atom. The van der Waals surface area contributed by atoms with Crippen LogP contribution in [0.25, 0.3) is 0 Å². The molecule has 0 bridgehead atoms. The second kappa shape index (κ2) is 10.1. The van der Waals surface area contributed by atoms with Gasteiger partial charge in [-0.25, -0.2) is 9.18 Å². The molecule has 2 amide bonds. The van der Waals surface area contributed by atoms with Crippen molar-refractivity contribution in [2.45, 2.75) is 19.1 Å². The minimum atomic E-state index is -0.905. The first-order chi connectivity index (χ1) is 12.8. The summed E-state index contributed by atoms with van der Waals surface area (Å²) in [6, 6.07) is 5.48. The average Bonchev–Trinajstić information content (AvgIpc) is 2.61. The van der Waals surface area contributed by atoms with Crippen molar-refractivity contribution in [2.75, 3.05) is 46.4 Å². The molecule has 0 aliphatic carbocycles. The Morgan fingerprint density at radius 3 is 2.81 bits per heavy atom. The standard InChI is InChI=1S/C18H26FN3O5/c1-13(27-15-5-3-14(19)4-6-15)9-20-18(25)22-7-8-26-16(11-22)10-21(2)12-17(23)24/h3-6,13,16H,7-12H2,1-2H3,(H,20,25)(H,23,24). The molecule has 2 unspecified atom stereocenters. The number of carboxylic acid groups (broad SMARTS) is 1. The Hall–Kier alpha value is -2.39. The molecule has 9 heteroatoms. The third-order valence-corrected chi connectivity index (χ3v) is 4.04. The molecule has 150 valence electrons. The van der Waals surface area contributed by atoms with E-state index in [1.54, 1.807) is 16.8 Å². The van der Waals surface area contributed by atoms with Gasteiger partial charge in [0.15, 0.2) is 0 Å². The van der Waals surface area contributed by atoms with E-state index in [1.807, 2.05) is 6.92 Å². The number of carboxylic acids is 1. The molecule has 1 fully saturated rings. The summed E-state index contributed by atoms with van der Waals surface area (Å²) < 4.78 is 24.1. The van der Waals surface area contributed by atoms with Crippen LogP contribution in [0, 0.1) is 5.82 Å². The Labute approximate surface area is 157 Å². The number of urea groups is 1. The Morgan fingerprint density at radius 1 is 1.44 bits per heavy atom. The summed E-state index contributed by atoms with van der Waals surface area (Å²) in [5.41, 5.74) is 0. The van der Waals surface area contributed by atoms with Gasteiger partial charge in [-0.2, -0.15) is 0 Å². The Bertz CT molecular complexity index is 628. The molecule has 2 rings (SSSR count). The summed E-state index contributed by atoms with van der Waals surface area (Å²) in [5, 5.41) is 11.6. The molecule has 1 aliphatic heterocycles.